The summed E-state index contributed by atoms with van der Waals surface area (Å²) in [5, 5.41) is 2.98. The molecule has 2 atom stereocenters. The van der Waals surface area contributed by atoms with Crippen LogP contribution in [0.3, 0.4) is 0 Å². The Hall–Kier alpha value is -1.20. The Bertz CT molecular complexity index is 427. The molecule has 1 saturated heterocycles. The second-order valence-corrected chi connectivity index (χ2v) is 5.00. The molecule has 0 saturated carbocycles. The summed E-state index contributed by atoms with van der Waals surface area (Å²) in [6, 6.07) is 1.92. The molecule has 0 amide bonds. The Morgan fingerprint density at radius 3 is 3.05 bits per heavy atom. The minimum Gasteiger partial charge on any atom is -0.375 e. The third-order valence-electron chi connectivity index (χ3n) is 3.53. The van der Waals surface area contributed by atoms with E-state index in [0.717, 1.165) is 6.42 Å². The number of pyridine rings is 1. The molecule has 0 aliphatic carbocycles. The predicted octanol–water partition coefficient (Wildman–Crippen LogP) is 1.94. The van der Waals surface area contributed by atoms with E-state index in [4.69, 9.17) is 4.74 Å². The number of nitrogens with one attached hydrogen (secondary N) is 1. The third-order valence-corrected chi connectivity index (χ3v) is 3.53. The van der Waals surface area contributed by atoms with Crippen LogP contribution in [0.15, 0.2) is 12.3 Å². The van der Waals surface area contributed by atoms with E-state index in [-0.39, 0.29) is 18.0 Å². The molecule has 1 aromatic rings. The van der Waals surface area contributed by atoms with Gasteiger partial charge in [-0.3, -0.25) is 0 Å². The zero-order valence-corrected chi connectivity index (χ0v) is 11.8. The molecule has 2 heterocycles. The molecule has 1 aliphatic rings. The van der Waals surface area contributed by atoms with Gasteiger partial charge in [0, 0.05) is 24.8 Å². The van der Waals surface area contributed by atoms with Gasteiger partial charge in [0.05, 0.1) is 18.8 Å². The first kappa shape index (κ1) is 14.2. The quantitative estimate of drug-likeness (QED) is 0.904. The maximum Gasteiger partial charge on any atom is 0.170 e. The molecule has 1 N–H and O–H groups in total. The number of morpholine rings is 1. The van der Waals surface area contributed by atoms with E-state index in [2.05, 4.69) is 17.2 Å². The summed E-state index contributed by atoms with van der Waals surface area (Å²) in [5.74, 6) is 0.235. The molecule has 19 heavy (non-hydrogen) atoms. The Balaban J connectivity index is 2.30. The van der Waals surface area contributed by atoms with Crippen LogP contribution in [0.25, 0.3) is 0 Å². The molecule has 0 aromatic carbocycles. The molecule has 1 aliphatic heterocycles. The fraction of sp³-hybridized carbons (Fsp3) is 0.643. The topological polar surface area (TPSA) is 37.4 Å². The van der Waals surface area contributed by atoms with Gasteiger partial charge in [-0.05, 0) is 26.5 Å². The number of aromatic nitrogens is 1. The van der Waals surface area contributed by atoms with Gasteiger partial charge in [-0.25, -0.2) is 9.37 Å². The van der Waals surface area contributed by atoms with Crippen LogP contribution in [0.2, 0.25) is 0 Å². The zero-order valence-electron chi connectivity index (χ0n) is 11.8. The Morgan fingerprint density at radius 1 is 1.58 bits per heavy atom. The van der Waals surface area contributed by atoms with Gasteiger partial charge < -0.3 is 15.0 Å². The average Bonchev–Trinajstić information content (AvgIpc) is 2.41. The molecule has 106 valence electrons. The summed E-state index contributed by atoms with van der Waals surface area (Å²) in [6.45, 7) is 5.93. The second-order valence-electron chi connectivity index (χ2n) is 5.00. The molecule has 1 aromatic heterocycles. The highest BCUT2D eigenvalue weighted by atomic mass is 19.1. The number of hydrogen-bond acceptors (Lipinski definition) is 4. The van der Waals surface area contributed by atoms with Crippen LogP contribution in [0.4, 0.5) is 10.2 Å². The van der Waals surface area contributed by atoms with Crippen molar-refractivity contribution >= 4 is 5.82 Å². The van der Waals surface area contributed by atoms with Gasteiger partial charge in [-0.1, -0.05) is 6.92 Å². The predicted molar refractivity (Wildman–Crippen MR) is 73.8 cm³/mol. The maximum atomic E-state index is 14.5. The van der Waals surface area contributed by atoms with Gasteiger partial charge in [0.15, 0.2) is 11.6 Å². The standard InChI is InChI=1S/C14H22FN3O/c1-4-12-9-19-10(2)8-18(12)14-13(15)11(7-16-3)5-6-17-14/h5-6,10,12,16H,4,7-9H2,1-3H3. The summed E-state index contributed by atoms with van der Waals surface area (Å²) >= 11 is 0. The van der Waals surface area contributed by atoms with Crippen LogP contribution in [0.5, 0.6) is 0 Å². The Morgan fingerprint density at radius 2 is 2.37 bits per heavy atom. The van der Waals surface area contributed by atoms with Crippen LogP contribution in [0, 0.1) is 5.82 Å². The molecule has 1 fully saturated rings. The number of anilines is 1. The summed E-state index contributed by atoms with van der Waals surface area (Å²) in [7, 11) is 1.81. The first-order valence-corrected chi connectivity index (χ1v) is 6.83. The van der Waals surface area contributed by atoms with Crippen molar-refractivity contribution in [3.8, 4) is 0 Å². The summed E-state index contributed by atoms with van der Waals surface area (Å²) in [6.07, 6.45) is 2.71. The molecule has 0 radical (unpaired) electrons. The fourth-order valence-electron chi connectivity index (χ4n) is 2.44. The van der Waals surface area contributed by atoms with Crippen LogP contribution >= 0.6 is 0 Å². The molecule has 0 spiro atoms. The Labute approximate surface area is 114 Å². The minimum atomic E-state index is -0.218. The third kappa shape index (κ3) is 3.04. The lowest BCUT2D eigenvalue weighted by atomic mass is 10.1. The van der Waals surface area contributed by atoms with Gasteiger partial charge in [-0.15, -0.1) is 0 Å². The lowest BCUT2D eigenvalue weighted by molar-refractivity contribution is 0.0293. The number of ether oxygens (including phenoxy) is 1. The van der Waals surface area contributed by atoms with Crippen molar-refractivity contribution in [2.75, 3.05) is 25.1 Å². The van der Waals surface area contributed by atoms with Crippen LogP contribution in [-0.2, 0) is 11.3 Å². The zero-order chi connectivity index (χ0) is 13.8. The van der Waals surface area contributed by atoms with E-state index in [1.54, 1.807) is 12.3 Å². The SMILES string of the molecule is CCC1COC(C)CN1c1nccc(CNC)c1F. The van der Waals surface area contributed by atoms with Gasteiger partial charge in [0.1, 0.15) is 0 Å². The smallest absolute Gasteiger partial charge is 0.170 e. The lowest BCUT2D eigenvalue weighted by Crippen LogP contribution is -2.49. The van der Waals surface area contributed by atoms with Crippen molar-refractivity contribution in [2.45, 2.75) is 39.0 Å². The van der Waals surface area contributed by atoms with Crippen LogP contribution in [0.1, 0.15) is 25.8 Å². The monoisotopic (exact) mass is 267 g/mol. The van der Waals surface area contributed by atoms with Crippen molar-refractivity contribution in [1.82, 2.24) is 10.3 Å². The number of rotatable bonds is 4. The second kappa shape index (κ2) is 6.30. The van der Waals surface area contributed by atoms with Gasteiger partial charge in [-0.2, -0.15) is 0 Å². The van der Waals surface area contributed by atoms with Crippen LogP contribution in [-0.4, -0.2) is 37.3 Å². The van der Waals surface area contributed by atoms with Gasteiger partial charge >= 0.3 is 0 Å². The van der Waals surface area contributed by atoms with E-state index in [0.29, 0.717) is 31.1 Å². The van der Waals surface area contributed by atoms with Crippen molar-refractivity contribution < 1.29 is 9.13 Å². The van der Waals surface area contributed by atoms with Crippen molar-refractivity contribution in [2.24, 2.45) is 0 Å². The highest BCUT2D eigenvalue weighted by molar-refractivity contribution is 5.45. The number of hydrogen-bond donors (Lipinski definition) is 1. The summed E-state index contributed by atoms with van der Waals surface area (Å²) in [5.41, 5.74) is 0.654. The van der Waals surface area contributed by atoms with Gasteiger partial charge in [0.2, 0.25) is 0 Å². The molecule has 5 heteroatoms. The minimum absolute atomic E-state index is 0.108. The molecule has 2 rings (SSSR count). The largest absolute Gasteiger partial charge is 0.375 e. The van der Waals surface area contributed by atoms with Crippen molar-refractivity contribution in [1.29, 1.82) is 0 Å². The fourth-order valence-corrected chi connectivity index (χ4v) is 2.44. The van der Waals surface area contributed by atoms with E-state index < -0.39 is 0 Å². The van der Waals surface area contributed by atoms with E-state index in [1.165, 1.54) is 0 Å². The summed E-state index contributed by atoms with van der Waals surface area (Å²) in [4.78, 5) is 6.29. The molecule has 0 bridgehead atoms. The number of halogens is 1. The van der Waals surface area contributed by atoms with E-state index in [1.807, 2.05) is 18.9 Å². The average molecular weight is 267 g/mol. The normalized spacial score (nSPS) is 23.7. The first-order chi connectivity index (χ1) is 9.17. The van der Waals surface area contributed by atoms with E-state index in [9.17, 15) is 4.39 Å². The number of nitrogens with zero attached hydrogens (tertiary/aromatic N) is 2. The Kier molecular flexibility index (Phi) is 4.71. The van der Waals surface area contributed by atoms with Crippen molar-refractivity contribution in [3.63, 3.8) is 0 Å². The molecular formula is C14H22FN3O. The van der Waals surface area contributed by atoms with Crippen molar-refractivity contribution in [3.05, 3.63) is 23.6 Å². The molecular weight excluding hydrogens is 245 g/mol. The molecule has 4 nitrogen and oxygen atoms in total. The highest BCUT2D eigenvalue weighted by Gasteiger charge is 2.29. The van der Waals surface area contributed by atoms with E-state index >= 15 is 0 Å². The molecule has 2 unspecified atom stereocenters. The lowest BCUT2D eigenvalue weighted by Gasteiger charge is -2.39. The maximum absolute atomic E-state index is 14.5. The van der Waals surface area contributed by atoms with Gasteiger partial charge in [0.25, 0.3) is 0 Å². The summed E-state index contributed by atoms with van der Waals surface area (Å²) < 4.78 is 20.1. The highest BCUT2D eigenvalue weighted by Crippen LogP contribution is 2.25. The first-order valence-electron chi connectivity index (χ1n) is 6.83. The van der Waals surface area contributed by atoms with Crippen LogP contribution < -0.4 is 10.2 Å².